The number of carboxylic acids is 1. The fourth-order valence-corrected chi connectivity index (χ4v) is 2.80. The van der Waals surface area contributed by atoms with Crippen LogP contribution in [0.2, 0.25) is 0 Å². The molecular weight excluding hydrogens is 252 g/mol. The maximum absolute atomic E-state index is 11.4. The maximum Gasteiger partial charge on any atom is 0.309 e. The summed E-state index contributed by atoms with van der Waals surface area (Å²) in [4.78, 5) is 13.6. The van der Waals surface area contributed by atoms with E-state index in [1.807, 2.05) is 18.2 Å². The minimum absolute atomic E-state index is 0.0977. The second-order valence-electron chi connectivity index (χ2n) is 5.94. The van der Waals surface area contributed by atoms with Crippen LogP contribution in [0.15, 0.2) is 24.3 Å². The number of rotatable bonds is 3. The first-order valence-corrected chi connectivity index (χ1v) is 6.94. The molecule has 4 nitrogen and oxygen atoms in total. The number of carbonyl (C=O) groups is 1. The van der Waals surface area contributed by atoms with Gasteiger partial charge in [-0.3, -0.25) is 4.79 Å². The number of hydrogen-bond donors (Lipinski definition) is 1. The molecule has 1 fully saturated rings. The number of nitriles is 1. The van der Waals surface area contributed by atoms with Gasteiger partial charge in [0.25, 0.3) is 0 Å². The molecule has 0 radical (unpaired) electrons. The molecule has 1 heterocycles. The standard InChI is InChI=1S/C16H20N2O2/c1-16(2,15(19)20)13-7-5-9-18(11-13)14-8-4-3-6-12(14)10-17/h3-4,6,8,13H,5,7,9,11H2,1-2H3,(H,19,20). The predicted octanol–water partition coefficient (Wildman–Crippen LogP) is 2.89. The Hall–Kier alpha value is -2.02. The Morgan fingerprint density at radius 2 is 2.15 bits per heavy atom. The molecule has 0 saturated carbocycles. The van der Waals surface area contributed by atoms with E-state index in [1.54, 1.807) is 19.9 Å². The summed E-state index contributed by atoms with van der Waals surface area (Å²) in [6.45, 7) is 5.16. The molecule has 0 amide bonds. The zero-order valence-corrected chi connectivity index (χ0v) is 12.0. The van der Waals surface area contributed by atoms with Crippen LogP contribution < -0.4 is 4.90 Å². The highest BCUT2D eigenvalue weighted by atomic mass is 16.4. The van der Waals surface area contributed by atoms with Crippen LogP contribution in [0, 0.1) is 22.7 Å². The summed E-state index contributed by atoms with van der Waals surface area (Å²) in [5.74, 6) is -0.654. The molecule has 2 rings (SSSR count). The van der Waals surface area contributed by atoms with Gasteiger partial charge in [-0.05, 0) is 44.7 Å². The summed E-state index contributed by atoms with van der Waals surface area (Å²) in [6, 6.07) is 9.73. The number of para-hydroxylation sites is 1. The molecular formula is C16H20N2O2. The average molecular weight is 272 g/mol. The van der Waals surface area contributed by atoms with Gasteiger partial charge in [0.2, 0.25) is 0 Å². The zero-order chi connectivity index (χ0) is 14.8. The topological polar surface area (TPSA) is 64.3 Å². The smallest absolute Gasteiger partial charge is 0.309 e. The maximum atomic E-state index is 11.4. The second-order valence-corrected chi connectivity index (χ2v) is 5.94. The summed E-state index contributed by atoms with van der Waals surface area (Å²) >= 11 is 0. The summed E-state index contributed by atoms with van der Waals surface area (Å²) in [6.07, 6.45) is 1.88. The van der Waals surface area contributed by atoms with Gasteiger partial charge in [0, 0.05) is 13.1 Å². The summed E-state index contributed by atoms with van der Waals surface area (Å²) in [5, 5.41) is 18.6. The van der Waals surface area contributed by atoms with E-state index in [1.165, 1.54) is 0 Å². The van der Waals surface area contributed by atoms with E-state index in [0.717, 1.165) is 25.1 Å². The van der Waals surface area contributed by atoms with Crippen molar-refractivity contribution in [2.45, 2.75) is 26.7 Å². The molecule has 106 valence electrons. The molecule has 1 aromatic carbocycles. The van der Waals surface area contributed by atoms with Crippen LogP contribution in [0.3, 0.4) is 0 Å². The van der Waals surface area contributed by atoms with Crippen LogP contribution in [-0.4, -0.2) is 24.2 Å². The van der Waals surface area contributed by atoms with Crippen molar-refractivity contribution < 1.29 is 9.90 Å². The van der Waals surface area contributed by atoms with Gasteiger partial charge in [-0.2, -0.15) is 5.26 Å². The van der Waals surface area contributed by atoms with Crippen molar-refractivity contribution in [2.75, 3.05) is 18.0 Å². The molecule has 0 aliphatic carbocycles. The number of hydrogen-bond acceptors (Lipinski definition) is 3. The highest BCUT2D eigenvalue weighted by Crippen LogP contribution is 2.36. The number of nitrogens with zero attached hydrogens (tertiary/aromatic N) is 2. The Balaban J connectivity index is 2.24. The fourth-order valence-electron chi connectivity index (χ4n) is 2.80. The third-order valence-electron chi connectivity index (χ3n) is 4.36. The second kappa shape index (κ2) is 5.54. The molecule has 1 atom stereocenters. The van der Waals surface area contributed by atoms with E-state index in [-0.39, 0.29) is 5.92 Å². The zero-order valence-electron chi connectivity index (χ0n) is 12.0. The summed E-state index contributed by atoms with van der Waals surface area (Å²) in [7, 11) is 0. The minimum Gasteiger partial charge on any atom is -0.481 e. The highest BCUT2D eigenvalue weighted by Gasteiger charge is 2.39. The lowest BCUT2D eigenvalue weighted by molar-refractivity contribution is -0.150. The van der Waals surface area contributed by atoms with E-state index >= 15 is 0 Å². The quantitative estimate of drug-likeness (QED) is 0.919. The molecule has 1 unspecified atom stereocenters. The number of carboxylic acid groups (broad SMARTS) is 1. The third kappa shape index (κ3) is 2.62. The van der Waals surface area contributed by atoms with Crippen molar-refractivity contribution >= 4 is 11.7 Å². The molecule has 1 N–H and O–H groups in total. The van der Waals surface area contributed by atoms with Gasteiger partial charge in [-0.25, -0.2) is 0 Å². The number of piperidine rings is 1. The number of benzene rings is 1. The van der Waals surface area contributed by atoms with E-state index < -0.39 is 11.4 Å². The molecule has 20 heavy (non-hydrogen) atoms. The lowest BCUT2D eigenvalue weighted by atomic mass is 9.74. The summed E-state index contributed by atoms with van der Waals surface area (Å²) in [5.41, 5.74) is 0.836. The monoisotopic (exact) mass is 272 g/mol. The molecule has 1 aliphatic heterocycles. The minimum atomic E-state index is -0.752. The number of anilines is 1. The van der Waals surface area contributed by atoms with Gasteiger partial charge in [-0.1, -0.05) is 12.1 Å². The first kappa shape index (κ1) is 14.4. The molecule has 1 saturated heterocycles. The lowest BCUT2D eigenvalue weighted by Crippen LogP contribution is -2.45. The highest BCUT2D eigenvalue weighted by molar-refractivity contribution is 5.74. The summed E-state index contributed by atoms with van der Waals surface area (Å²) < 4.78 is 0. The van der Waals surface area contributed by atoms with Crippen molar-refractivity contribution in [1.82, 2.24) is 0 Å². The molecule has 0 bridgehead atoms. The Bertz CT molecular complexity index is 546. The van der Waals surface area contributed by atoms with Crippen molar-refractivity contribution in [3.8, 4) is 6.07 Å². The fraction of sp³-hybridized carbons (Fsp3) is 0.500. The van der Waals surface area contributed by atoms with Gasteiger partial charge in [0.1, 0.15) is 6.07 Å². The first-order valence-electron chi connectivity index (χ1n) is 6.94. The van der Waals surface area contributed by atoms with Crippen molar-refractivity contribution in [2.24, 2.45) is 11.3 Å². The van der Waals surface area contributed by atoms with Crippen LogP contribution in [-0.2, 0) is 4.79 Å². The molecule has 4 heteroatoms. The first-order chi connectivity index (χ1) is 9.46. The van der Waals surface area contributed by atoms with E-state index in [0.29, 0.717) is 12.1 Å². The van der Waals surface area contributed by atoms with Crippen molar-refractivity contribution in [3.05, 3.63) is 29.8 Å². The Morgan fingerprint density at radius 1 is 1.45 bits per heavy atom. The predicted molar refractivity (Wildman–Crippen MR) is 77.5 cm³/mol. The van der Waals surface area contributed by atoms with Crippen molar-refractivity contribution in [1.29, 1.82) is 5.26 Å². The Morgan fingerprint density at radius 3 is 2.80 bits per heavy atom. The SMILES string of the molecule is CC(C)(C(=O)O)C1CCCN(c2ccccc2C#N)C1. The molecule has 0 aromatic heterocycles. The molecule has 0 spiro atoms. The lowest BCUT2D eigenvalue weighted by Gasteiger charge is -2.40. The van der Waals surface area contributed by atoms with Crippen molar-refractivity contribution in [3.63, 3.8) is 0 Å². The van der Waals surface area contributed by atoms with E-state index in [9.17, 15) is 15.2 Å². The number of aliphatic carboxylic acids is 1. The molecule has 1 aromatic rings. The van der Waals surface area contributed by atoms with Gasteiger partial charge in [-0.15, -0.1) is 0 Å². The van der Waals surface area contributed by atoms with Crippen LogP contribution in [0.4, 0.5) is 5.69 Å². The Labute approximate surface area is 119 Å². The molecule has 1 aliphatic rings. The van der Waals surface area contributed by atoms with Gasteiger partial charge in [0.15, 0.2) is 0 Å². The van der Waals surface area contributed by atoms with Crippen LogP contribution in [0.25, 0.3) is 0 Å². The normalized spacial score (nSPS) is 19.4. The van der Waals surface area contributed by atoms with Gasteiger partial charge in [0.05, 0.1) is 16.7 Å². The van der Waals surface area contributed by atoms with E-state index in [2.05, 4.69) is 11.0 Å². The van der Waals surface area contributed by atoms with Crippen LogP contribution in [0.5, 0.6) is 0 Å². The van der Waals surface area contributed by atoms with Crippen LogP contribution in [0.1, 0.15) is 32.3 Å². The third-order valence-corrected chi connectivity index (χ3v) is 4.36. The Kier molecular flexibility index (Phi) is 3.99. The van der Waals surface area contributed by atoms with E-state index in [4.69, 9.17) is 0 Å². The average Bonchev–Trinajstić information content (AvgIpc) is 2.47. The van der Waals surface area contributed by atoms with Crippen LogP contribution >= 0.6 is 0 Å². The largest absolute Gasteiger partial charge is 0.481 e. The van der Waals surface area contributed by atoms with Gasteiger partial charge >= 0.3 is 5.97 Å². The van der Waals surface area contributed by atoms with Gasteiger partial charge < -0.3 is 10.0 Å².